The Morgan fingerprint density at radius 1 is 0.293 bits per heavy atom. The maximum atomic E-state index is 13.1. The number of rotatable bonds is 79. The van der Waals surface area contributed by atoms with Crippen LogP contribution >= 0.6 is 15.6 Å². The monoisotopic (exact) mass is 1450 g/mol. The lowest BCUT2D eigenvalue weighted by molar-refractivity contribution is -0.161. The Kier molecular flexibility index (Phi) is 70.3. The number of aliphatic hydroxyl groups excluding tert-OH is 1. The molecule has 0 aromatic carbocycles. The maximum Gasteiger partial charge on any atom is 0.472 e. The summed E-state index contributed by atoms with van der Waals surface area (Å²) in [4.78, 5) is 72.9. The molecule has 0 bridgehead atoms. The highest BCUT2D eigenvalue weighted by Crippen LogP contribution is 2.45. The first kappa shape index (κ1) is 97.1. The molecule has 3 N–H and O–H groups in total. The molecule has 0 amide bonds. The van der Waals surface area contributed by atoms with Gasteiger partial charge in [0.25, 0.3) is 0 Å². The quantitative estimate of drug-likeness (QED) is 0.0222. The zero-order valence-electron chi connectivity index (χ0n) is 64.8. The van der Waals surface area contributed by atoms with Gasteiger partial charge in [0, 0.05) is 25.7 Å². The SMILES string of the molecule is CCCCCCCCCCCCCCCCCCCCCCC(=O)O[C@H](COC(=O)CCCCCCCCCCCCCCCCCCC(C)C)COP(=O)(O)OC[C@@H](O)COP(=O)(O)OC[C@@H](COC(=O)CCCCCCCCCC)OC(=O)CCCCCCCCCCC(C)CC. The average Bonchev–Trinajstić information content (AvgIpc) is 0.979. The van der Waals surface area contributed by atoms with Gasteiger partial charge in [0.05, 0.1) is 26.4 Å². The number of aliphatic hydroxyl groups is 1. The Hall–Kier alpha value is -1.94. The Morgan fingerprint density at radius 2 is 0.515 bits per heavy atom. The van der Waals surface area contributed by atoms with Crippen LogP contribution < -0.4 is 0 Å². The smallest absolute Gasteiger partial charge is 0.462 e. The van der Waals surface area contributed by atoms with E-state index in [0.717, 1.165) is 108 Å². The first-order valence-corrected chi connectivity index (χ1v) is 44.5. The van der Waals surface area contributed by atoms with Gasteiger partial charge in [-0.1, -0.05) is 369 Å². The van der Waals surface area contributed by atoms with Crippen molar-refractivity contribution in [3.8, 4) is 0 Å². The lowest BCUT2D eigenvalue weighted by Gasteiger charge is -2.21. The molecule has 0 aromatic heterocycles. The molecule has 0 spiro atoms. The molecule has 0 rings (SSSR count). The molecule has 19 heteroatoms. The van der Waals surface area contributed by atoms with Crippen LogP contribution in [0.25, 0.3) is 0 Å². The van der Waals surface area contributed by atoms with Gasteiger partial charge < -0.3 is 33.8 Å². The summed E-state index contributed by atoms with van der Waals surface area (Å²) in [7, 11) is -9.91. The summed E-state index contributed by atoms with van der Waals surface area (Å²) >= 11 is 0. The van der Waals surface area contributed by atoms with Crippen molar-refractivity contribution < 1.29 is 80.2 Å². The third-order valence-corrected chi connectivity index (χ3v) is 21.0. The Bertz CT molecular complexity index is 1910. The number of unbranched alkanes of at least 4 members (excludes halogenated alkanes) is 48. The van der Waals surface area contributed by atoms with Crippen LogP contribution in [0.3, 0.4) is 0 Å². The second kappa shape index (κ2) is 71.7. The number of carbonyl (C=O) groups is 4. The van der Waals surface area contributed by atoms with Crippen molar-refractivity contribution in [1.82, 2.24) is 0 Å². The van der Waals surface area contributed by atoms with Crippen molar-refractivity contribution in [3.05, 3.63) is 0 Å². The van der Waals surface area contributed by atoms with Crippen LogP contribution in [0.15, 0.2) is 0 Å². The third-order valence-electron chi connectivity index (χ3n) is 19.1. The van der Waals surface area contributed by atoms with Crippen LogP contribution in [0.2, 0.25) is 0 Å². The fourth-order valence-corrected chi connectivity index (χ4v) is 13.9. The van der Waals surface area contributed by atoms with E-state index in [1.165, 1.54) is 231 Å². The average molecular weight is 1450 g/mol. The second-order valence-electron chi connectivity index (χ2n) is 29.5. The van der Waals surface area contributed by atoms with Crippen LogP contribution in [-0.2, 0) is 65.4 Å². The first-order chi connectivity index (χ1) is 47.9. The summed E-state index contributed by atoms with van der Waals surface area (Å²) in [5.41, 5.74) is 0. The van der Waals surface area contributed by atoms with Gasteiger partial charge in [-0.15, -0.1) is 0 Å². The van der Waals surface area contributed by atoms with Crippen molar-refractivity contribution in [2.24, 2.45) is 11.8 Å². The highest BCUT2D eigenvalue weighted by Gasteiger charge is 2.30. The van der Waals surface area contributed by atoms with Gasteiger partial charge in [0.2, 0.25) is 0 Å². The number of hydrogen-bond acceptors (Lipinski definition) is 15. The summed E-state index contributed by atoms with van der Waals surface area (Å²) in [6.45, 7) is 9.62. The predicted molar refractivity (Wildman–Crippen MR) is 405 cm³/mol. The van der Waals surface area contributed by atoms with Gasteiger partial charge in [-0.3, -0.25) is 37.3 Å². The molecule has 0 aliphatic heterocycles. The maximum absolute atomic E-state index is 13.1. The van der Waals surface area contributed by atoms with Crippen molar-refractivity contribution in [2.45, 2.75) is 439 Å². The molecule has 0 heterocycles. The van der Waals surface area contributed by atoms with E-state index in [4.69, 9.17) is 37.0 Å². The van der Waals surface area contributed by atoms with Gasteiger partial charge in [0.15, 0.2) is 12.2 Å². The van der Waals surface area contributed by atoms with E-state index in [9.17, 15) is 43.2 Å². The van der Waals surface area contributed by atoms with Gasteiger partial charge in [0.1, 0.15) is 19.3 Å². The summed E-state index contributed by atoms with van der Waals surface area (Å²) < 4.78 is 68.6. The molecule has 0 radical (unpaired) electrons. The third kappa shape index (κ3) is 72.8. The molecule has 17 nitrogen and oxygen atoms in total. The molecule has 0 fully saturated rings. The fraction of sp³-hybridized carbons (Fsp3) is 0.950. The number of phosphoric acid groups is 2. The zero-order chi connectivity index (χ0) is 72.8. The van der Waals surface area contributed by atoms with Crippen molar-refractivity contribution >= 4 is 39.5 Å². The molecule has 6 atom stereocenters. The van der Waals surface area contributed by atoms with Crippen LogP contribution in [0, 0.1) is 11.8 Å². The summed E-state index contributed by atoms with van der Waals surface area (Å²) in [5, 5.41) is 10.6. The highest BCUT2D eigenvalue weighted by atomic mass is 31.2. The number of esters is 4. The minimum atomic E-state index is -4.96. The largest absolute Gasteiger partial charge is 0.472 e. The Balaban J connectivity index is 5.19. The van der Waals surface area contributed by atoms with Crippen molar-refractivity contribution in [3.63, 3.8) is 0 Å². The number of ether oxygens (including phenoxy) is 4. The van der Waals surface area contributed by atoms with E-state index < -0.39 is 97.5 Å². The zero-order valence-corrected chi connectivity index (χ0v) is 66.6. The minimum absolute atomic E-state index is 0.105. The molecular weight excluding hydrogens is 1290 g/mol. The fourth-order valence-electron chi connectivity index (χ4n) is 12.3. The Labute approximate surface area is 607 Å². The molecule has 99 heavy (non-hydrogen) atoms. The van der Waals surface area contributed by atoms with E-state index in [2.05, 4.69) is 41.5 Å². The lowest BCUT2D eigenvalue weighted by atomic mass is 9.99. The van der Waals surface area contributed by atoms with Crippen LogP contribution in [0.1, 0.15) is 420 Å². The topological polar surface area (TPSA) is 237 Å². The van der Waals surface area contributed by atoms with E-state index >= 15 is 0 Å². The van der Waals surface area contributed by atoms with Crippen LogP contribution in [0.4, 0.5) is 0 Å². The van der Waals surface area contributed by atoms with Gasteiger partial charge in [-0.2, -0.15) is 0 Å². The van der Waals surface area contributed by atoms with Gasteiger partial charge >= 0.3 is 39.5 Å². The number of carbonyl (C=O) groups excluding carboxylic acids is 4. The van der Waals surface area contributed by atoms with Crippen molar-refractivity contribution in [2.75, 3.05) is 39.6 Å². The highest BCUT2D eigenvalue weighted by molar-refractivity contribution is 7.47. The predicted octanol–water partition coefficient (Wildman–Crippen LogP) is 23.9. The van der Waals surface area contributed by atoms with Gasteiger partial charge in [-0.05, 0) is 37.5 Å². The summed E-state index contributed by atoms with van der Waals surface area (Å²) in [5.74, 6) is -0.532. The lowest BCUT2D eigenvalue weighted by Crippen LogP contribution is -2.30. The van der Waals surface area contributed by atoms with E-state index in [1.807, 2.05) is 0 Å². The Morgan fingerprint density at radius 3 is 0.768 bits per heavy atom. The van der Waals surface area contributed by atoms with Crippen molar-refractivity contribution in [1.29, 1.82) is 0 Å². The number of phosphoric ester groups is 2. The first-order valence-electron chi connectivity index (χ1n) is 41.5. The standard InChI is InChI=1S/C80H156O17P2/c1-7-10-12-14-16-18-19-20-21-22-23-24-25-30-33-36-39-46-52-58-64-79(84)96-76(69-91-78(83)63-57-51-45-38-35-32-29-27-26-28-31-34-37-42-48-54-60-72(4)5)71-95-99(88,89)93-67-74(81)66-92-98(86,87)94-70-75(68-90-77(82)62-56-50-44-17-15-13-11-8-2)97-80(85)65-59-53-47-41-40-43-49-55-61-73(6)9-3/h72-76,81H,7-71H2,1-6H3,(H,86,87)(H,88,89)/t73?,74-,75+,76+/m0/s1. The molecule has 0 aliphatic carbocycles. The number of hydrogen-bond donors (Lipinski definition) is 3. The molecule has 0 aromatic rings. The molecule has 588 valence electrons. The molecular formula is C80H156O17P2. The van der Waals surface area contributed by atoms with Gasteiger partial charge in [-0.25, -0.2) is 9.13 Å². The molecule has 3 unspecified atom stereocenters. The molecule has 0 aliphatic rings. The van der Waals surface area contributed by atoms with Crippen LogP contribution in [0.5, 0.6) is 0 Å². The molecule has 0 saturated heterocycles. The van der Waals surface area contributed by atoms with E-state index in [1.54, 1.807) is 0 Å². The van der Waals surface area contributed by atoms with E-state index in [-0.39, 0.29) is 25.7 Å². The van der Waals surface area contributed by atoms with Crippen LogP contribution in [-0.4, -0.2) is 96.7 Å². The second-order valence-corrected chi connectivity index (χ2v) is 32.4. The summed E-state index contributed by atoms with van der Waals surface area (Å²) in [6, 6.07) is 0. The normalized spacial score (nSPS) is 14.2. The van der Waals surface area contributed by atoms with E-state index in [0.29, 0.717) is 25.7 Å². The molecule has 0 saturated carbocycles. The minimum Gasteiger partial charge on any atom is -0.462 e. The summed E-state index contributed by atoms with van der Waals surface area (Å²) in [6.07, 6.45) is 61.2.